The number of amides is 1. The maximum Gasteiger partial charge on any atom is 0.407 e. The number of nitrogens with zero attached hydrogens (tertiary/aromatic N) is 1. The van der Waals surface area contributed by atoms with Crippen LogP contribution in [0, 0.1) is 6.92 Å². The minimum atomic E-state index is -3.81. The molecule has 1 amide bonds. The molecular weight excluding hydrogens is 356 g/mol. The number of nitrogens with one attached hydrogen (secondary N) is 1. The van der Waals surface area contributed by atoms with E-state index in [1.165, 1.54) is 12.0 Å². The molecule has 7 nitrogen and oxygen atoms in total. The standard InChI is InChI=1S/C18H20N2O5S/c1-12-3-6-16(25-2)17(9-12)26(23,24)19-15-5-4-14-11-20(18(21)22)8-7-13(14)10-15/h3-6,9-10,19H,7-8,11H2,1-2H3,(H,21,22). The Morgan fingerprint density at radius 1 is 1.19 bits per heavy atom. The molecule has 0 unspecified atom stereocenters. The molecule has 26 heavy (non-hydrogen) atoms. The van der Waals surface area contributed by atoms with E-state index in [0.29, 0.717) is 25.2 Å². The van der Waals surface area contributed by atoms with Crippen molar-refractivity contribution in [2.45, 2.75) is 24.8 Å². The summed E-state index contributed by atoms with van der Waals surface area (Å²) < 4.78 is 33.3. The first kappa shape index (κ1) is 18.1. The Bertz CT molecular complexity index is 956. The minimum absolute atomic E-state index is 0.0785. The summed E-state index contributed by atoms with van der Waals surface area (Å²) in [5.41, 5.74) is 3.08. The number of aryl methyl sites for hydroxylation is 1. The van der Waals surface area contributed by atoms with Crippen LogP contribution in [0.1, 0.15) is 16.7 Å². The number of anilines is 1. The van der Waals surface area contributed by atoms with Crippen molar-refractivity contribution in [1.82, 2.24) is 4.90 Å². The fourth-order valence-corrected chi connectivity index (χ4v) is 4.29. The van der Waals surface area contributed by atoms with Crippen LogP contribution in [0.15, 0.2) is 41.3 Å². The third-order valence-corrected chi connectivity index (χ3v) is 5.75. The number of benzene rings is 2. The lowest BCUT2D eigenvalue weighted by Crippen LogP contribution is -2.34. The molecule has 1 aliphatic rings. The van der Waals surface area contributed by atoms with Crippen molar-refractivity contribution < 1.29 is 23.1 Å². The predicted molar refractivity (Wildman–Crippen MR) is 97.1 cm³/mol. The van der Waals surface area contributed by atoms with E-state index in [2.05, 4.69) is 4.72 Å². The Balaban J connectivity index is 1.88. The van der Waals surface area contributed by atoms with Gasteiger partial charge >= 0.3 is 6.09 Å². The smallest absolute Gasteiger partial charge is 0.407 e. The van der Waals surface area contributed by atoms with Gasteiger partial charge in [-0.25, -0.2) is 13.2 Å². The van der Waals surface area contributed by atoms with Crippen molar-refractivity contribution in [2.75, 3.05) is 18.4 Å². The van der Waals surface area contributed by atoms with Gasteiger partial charge in [-0.05, 0) is 54.3 Å². The third kappa shape index (κ3) is 3.60. The minimum Gasteiger partial charge on any atom is -0.495 e. The Kier molecular flexibility index (Phi) is 4.78. The highest BCUT2D eigenvalue weighted by molar-refractivity contribution is 7.92. The van der Waals surface area contributed by atoms with E-state index in [4.69, 9.17) is 9.84 Å². The maximum atomic E-state index is 12.8. The summed E-state index contributed by atoms with van der Waals surface area (Å²) in [7, 11) is -2.38. The van der Waals surface area contributed by atoms with Gasteiger partial charge in [-0.1, -0.05) is 12.1 Å². The molecule has 0 saturated heterocycles. The lowest BCUT2D eigenvalue weighted by molar-refractivity contribution is 0.140. The van der Waals surface area contributed by atoms with Gasteiger partial charge in [0.25, 0.3) is 10.0 Å². The molecule has 3 rings (SSSR count). The van der Waals surface area contributed by atoms with Crippen LogP contribution in [0.2, 0.25) is 0 Å². The van der Waals surface area contributed by atoms with Crippen molar-refractivity contribution in [1.29, 1.82) is 0 Å². The molecule has 0 aliphatic carbocycles. The van der Waals surface area contributed by atoms with Crippen LogP contribution < -0.4 is 9.46 Å². The number of fused-ring (bicyclic) bond motifs is 1. The zero-order valence-corrected chi connectivity index (χ0v) is 15.3. The van der Waals surface area contributed by atoms with Crippen LogP contribution in [0.4, 0.5) is 10.5 Å². The number of sulfonamides is 1. The molecule has 2 N–H and O–H groups in total. The first-order valence-electron chi connectivity index (χ1n) is 8.07. The van der Waals surface area contributed by atoms with E-state index in [9.17, 15) is 13.2 Å². The normalized spacial score (nSPS) is 13.8. The Labute approximate surface area is 152 Å². The molecule has 8 heteroatoms. The third-order valence-electron chi connectivity index (χ3n) is 4.35. The molecule has 2 aromatic carbocycles. The van der Waals surface area contributed by atoms with Gasteiger partial charge < -0.3 is 14.7 Å². The van der Waals surface area contributed by atoms with E-state index in [-0.39, 0.29) is 10.6 Å². The maximum absolute atomic E-state index is 12.8. The highest BCUT2D eigenvalue weighted by Gasteiger charge is 2.23. The zero-order chi connectivity index (χ0) is 18.9. The molecule has 0 radical (unpaired) electrons. The highest BCUT2D eigenvalue weighted by atomic mass is 32.2. The van der Waals surface area contributed by atoms with E-state index in [1.54, 1.807) is 36.4 Å². The second kappa shape index (κ2) is 6.87. The fraction of sp³-hybridized carbons (Fsp3) is 0.278. The lowest BCUT2D eigenvalue weighted by Gasteiger charge is -2.26. The quantitative estimate of drug-likeness (QED) is 0.855. The average molecular weight is 376 g/mol. The molecule has 0 saturated carbocycles. The topological polar surface area (TPSA) is 95.9 Å². The van der Waals surface area contributed by atoms with Crippen LogP contribution >= 0.6 is 0 Å². The summed E-state index contributed by atoms with van der Waals surface area (Å²) in [6.07, 6.45) is -0.405. The average Bonchev–Trinajstić information content (AvgIpc) is 2.60. The van der Waals surface area contributed by atoms with Gasteiger partial charge in [0, 0.05) is 18.8 Å². The van der Waals surface area contributed by atoms with Crippen LogP contribution in [0.3, 0.4) is 0 Å². The SMILES string of the molecule is COc1ccc(C)cc1S(=O)(=O)Nc1ccc2c(c1)CCN(C(=O)O)C2. The number of ether oxygens (including phenoxy) is 1. The van der Waals surface area contributed by atoms with Crippen LogP contribution in [0.25, 0.3) is 0 Å². The Hall–Kier alpha value is -2.74. The van der Waals surface area contributed by atoms with Crippen LogP contribution in [0.5, 0.6) is 5.75 Å². The largest absolute Gasteiger partial charge is 0.495 e. The second-order valence-corrected chi connectivity index (χ2v) is 7.85. The van der Waals surface area contributed by atoms with Gasteiger partial charge in [0.05, 0.1) is 7.11 Å². The number of methoxy groups -OCH3 is 1. The molecule has 0 spiro atoms. The fourth-order valence-electron chi connectivity index (χ4n) is 2.98. The molecular formula is C18H20N2O5S. The number of hydrogen-bond donors (Lipinski definition) is 2. The summed E-state index contributed by atoms with van der Waals surface area (Å²) in [6, 6.07) is 10.1. The zero-order valence-electron chi connectivity index (χ0n) is 14.5. The van der Waals surface area contributed by atoms with E-state index in [0.717, 1.165) is 16.7 Å². The number of carboxylic acid groups (broad SMARTS) is 1. The summed E-state index contributed by atoms with van der Waals surface area (Å²) in [6.45, 7) is 2.51. The van der Waals surface area contributed by atoms with E-state index >= 15 is 0 Å². The van der Waals surface area contributed by atoms with Crippen molar-refractivity contribution in [2.24, 2.45) is 0 Å². The van der Waals surface area contributed by atoms with Gasteiger partial charge in [0.1, 0.15) is 10.6 Å². The van der Waals surface area contributed by atoms with Crippen LogP contribution in [-0.2, 0) is 23.0 Å². The number of rotatable bonds is 4. The monoisotopic (exact) mass is 376 g/mol. The molecule has 138 valence electrons. The molecule has 0 fully saturated rings. The van der Waals surface area contributed by atoms with E-state index in [1.807, 2.05) is 6.92 Å². The van der Waals surface area contributed by atoms with Gasteiger partial charge in [0.15, 0.2) is 0 Å². The predicted octanol–water partition coefficient (Wildman–Crippen LogP) is 2.84. The summed E-state index contributed by atoms with van der Waals surface area (Å²) in [5, 5.41) is 9.09. The van der Waals surface area contributed by atoms with Crippen molar-refractivity contribution in [3.05, 3.63) is 53.1 Å². The molecule has 0 bridgehead atoms. The summed E-state index contributed by atoms with van der Waals surface area (Å²) in [4.78, 5) is 12.5. The Morgan fingerprint density at radius 2 is 1.96 bits per heavy atom. The highest BCUT2D eigenvalue weighted by Crippen LogP contribution is 2.28. The molecule has 2 aromatic rings. The molecule has 0 atom stereocenters. The first-order valence-corrected chi connectivity index (χ1v) is 9.55. The van der Waals surface area contributed by atoms with Crippen molar-refractivity contribution >= 4 is 21.8 Å². The van der Waals surface area contributed by atoms with Gasteiger partial charge in [0.2, 0.25) is 0 Å². The van der Waals surface area contributed by atoms with E-state index < -0.39 is 16.1 Å². The second-order valence-electron chi connectivity index (χ2n) is 6.20. The van der Waals surface area contributed by atoms with Crippen molar-refractivity contribution in [3.63, 3.8) is 0 Å². The Morgan fingerprint density at radius 3 is 2.65 bits per heavy atom. The van der Waals surface area contributed by atoms with Gasteiger partial charge in [-0.3, -0.25) is 4.72 Å². The summed E-state index contributed by atoms with van der Waals surface area (Å²) >= 11 is 0. The molecule has 1 heterocycles. The summed E-state index contributed by atoms with van der Waals surface area (Å²) in [5.74, 6) is 0.276. The molecule has 1 aliphatic heterocycles. The first-order chi connectivity index (χ1) is 12.3. The van der Waals surface area contributed by atoms with Gasteiger partial charge in [-0.2, -0.15) is 0 Å². The van der Waals surface area contributed by atoms with Crippen molar-refractivity contribution in [3.8, 4) is 5.75 Å². The number of carbonyl (C=O) groups is 1. The number of hydrogen-bond acceptors (Lipinski definition) is 4. The van der Waals surface area contributed by atoms with Gasteiger partial charge in [-0.15, -0.1) is 0 Å². The lowest BCUT2D eigenvalue weighted by atomic mass is 9.99. The van der Waals surface area contributed by atoms with Crippen LogP contribution in [-0.4, -0.2) is 38.2 Å². The molecule has 0 aromatic heterocycles.